The van der Waals surface area contributed by atoms with Crippen LogP contribution in [0.3, 0.4) is 0 Å². The molecule has 1 aromatic rings. The first-order chi connectivity index (χ1) is 12.0. The second-order valence-electron chi connectivity index (χ2n) is 7.84. The lowest BCUT2D eigenvalue weighted by Gasteiger charge is -2.39. The number of rotatable bonds is 2. The van der Waals surface area contributed by atoms with Crippen LogP contribution in [0.15, 0.2) is 18.3 Å². The van der Waals surface area contributed by atoms with Gasteiger partial charge in [-0.25, -0.2) is 9.78 Å². The van der Waals surface area contributed by atoms with E-state index in [2.05, 4.69) is 21.3 Å². The molecule has 3 heterocycles. The van der Waals surface area contributed by atoms with Crippen molar-refractivity contribution in [2.45, 2.75) is 51.7 Å². The lowest BCUT2D eigenvalue weighted by atomic mass is 9.95. The number of amides is 1. The molecule has 0 aromatic carbocycles. The van der Waals surface area contributed by atoms with E-state index in [0.29, 0.717) is 0 Å². The summed E-state index contributed by atoms with van der Waals surface area (Å²) in [5, 5.41) is 3.38. The van der Waals surface area contributed by atoms with Crippen LogP contribution in [0.1, 0.15) is 51.6 Å². The highest BCUT2D eigenvalue weighted by atomic mass is 16.6. The number of aromatic nitrogens is 1. The first-order valence-corrected chi connectivity index (χ1v) is 9.36. The van der Waals surface area contributed by atoms with E-state index < -0.39 is 5.60 Å². The number of piperazine rings is 1. The molecular weight excluding hydrogens is 316 g/mol. The minimum Gasteiger partial charge on any atom is -0.444 e. The predicted molar refractivity (Wildman–Crippen MR) is 98.9 cm³/mol. The summed E-state index contributed by atoms with van der Waals surface area (Å²) in [4.78, 5) is 21.6. The number of nitrogens with one attached hydrogen (secondary N) is 1. The normalized spacial score (nSPS) is 22.0. The molecule has 0 saturated carbocycles. The van der Waals surface area contributed by atoms with E-state index in [-0.39, 0.29) is 12.1 Å². The Balaban J connectivity index is 1.86. The lowest BCUT2D eigenvalue weighted by molar-refractivity contribution is 0.00954. The van der Waals surface area contributed by atoms with Crippen molar-refractivity contribution in [3.05, 3.63) is 23.9 Å². The zero-order valence-electron chi connectivity index (χ0n) is 15.6. The van der Waals surface area contributed by atoms with Crippen LogP contribution in [0.2, 0.25) is 0 Å². The van der Waals surface area contributed by atoms with Gasteiger partial charge in [0.25, 0.3) is 0 Å². The van der Waals surface area contributed by atoms with E-state index in [1.807, 2.05) is 37.9 Å². The Kier molecular flexibility index (Phi) is 5.47. The summed E-state index contributed by atoms with van der Waals surface area (Å²) in [5.41, 5.74) is 0.671. The van der Waals surface area contributed by atoms with Crippen LogP contribution < -0.4 is 10.2 Å². The lowest BCUT2D eigenvalue weighted by Crippen LogP contribution is -2.46. The van der Waals surface area contributed by atoms with Crippen molar-refractivity contribution in [2.24, 2.45) is 0 Å². The molecule has 1 atom stereocenters. The highest BCUT2D eigenvalue weighted by Gasteiger charge is 2.33. The van der Waals surface area contributed by atoms with E-state index in [4.69, 9.17) is 4.74 Å². The van der Waals surface area contributed by atoms with Crippen molar-refractivity contribution in [3.63, 3.8) is 0 Å². The number of nitrogens with zero attached hydrogens (tertiary/aromatic N) is 3. The number of pyridine rings is 1. The molecule has 2 aliphatic rings. The summed E-state index contributed by atoms with van der Waals surface area (Å²) in [6, 6.07) is 4.14. The number of carbonyl (C=O) groups is 1. The van der Waals surface area contributed by atoms with Crippen molar-refractivity contribution in [3.8, 4) is 0 Å². The van der Waals surface area contributed by atoms with Crippen LogP contribution in [0.5, 0.6) is 0 Å². The van der Waals surface area contributed by atoms with Crippen LogP contribution in [-0.2, 0) is 4.74 Å². The zero-order chi connectivity index (χ0) is 17.9. The number of piperidine rings is 1. The molecule has 6 heteroatoms. The van der Waals surface area contributed by atoms with E-state index in [1.54, 1.807) is 0 Å². The standard InChI is InChI=1S/C19H30N4O2/c1-19(2,3)25-18(24)23-12-5-4-8-16(23)15-7-6-9-21-17(15)22-13-10-20-11-14-22/h6-7,9,16,20H,4-5,8,10-14H2,1-3H3/t16-/m1/s1. The SMILES string of the molecule is CC(C)(C)OC(=O)N1CCCC[C@@H]1c1cccnc1N1CCNCC1. The number of ether oxygens (including phenoxy) is 1. The van der Waals surface area contributed by atoms with Crippen LogP contribution in [0, 0.1) is 0 Å². The van der Waals surface area contributed by atoms with Crippen molar-refractivity contribution in [2.75, 3.05) is 37.6 Å². The molecule has 1 N–H and O–H groups in total. The average Bonchev–Trinajstić information content (AvgIpc) is 2.61. The Labute approximate surface area is 150 Å². The fraction of sp³-hybridized carbons (Fsp3) is 0.684. The summed E-state index contributed by atoms with van der Waals surface area (Å²) in [5.74, 6) is 1.02. The highest BCUT2D eigenvalue weighted by molar-refractivity contribution is 5.69. The molecule has 2 aliphatic heterocycles. The third kappa shape index (κ3) is 4.42. The maximum Gasteiger partial charge on any atom is 0.410 e. The minimum absolute atomic E-state index is 0.0437. The molecule has 0 aliphatic carbocycles. The van der Waals surface area contributed by atoms with Gasteiger partial charge < -0.3 is 19.9 Å². The molecule has 0 bridgehead atoms. The van der Waals surface area contributed by atoms with Crippen molar-refractivity contribution in [1.29, 1.82) is 0 Å². The Morgan fingerprint density at radius 2 is 2.00 bits per heavy atom. The maximum absolute atomic E-state index is 12.7. The van der Waals surface area contributed by atoms with Crippen molar-refractivity contribution in [1.82, 2.24) is 15.2 Å². The Hall–Kier alpha value is -1.82. The van der Waals surface area contributed by atoms with Crippen molar-refractivity contribution < 1.29 is 9.53 Å². The number of hydrogen-bond acceptors (Lipinski definition) is 5. The number of likely N-dealkylation sites (tertiary alicyclic amines) is 1. The van der Waals surface area contributed by atoms with E-state index >= 15 is 0 Å². The molecule has 2 fully saturated rings. The molecule has 0 radical (unpaired) electrons. The fourth-order valence-corrected chi connectivity index (χ4v) is 3.60. The van der Waals surface area contributed by atoms with Gasteiger partial charge in [-0.2, -0.15) is 0 Å². The third-order valence-corrected chi connectivity index (χ3v) is 4.72. The summed E-state index contributed by atoms with van der Waals surface area (Å²) < 4.78 is 5.66. The van der Waals surface area contributed by atoms with Gasteiger partial charge in [-0.15, -0.1) is 0 Å². The van der Waals surface area contributed by atoms with Gasteiger partial charge in [0.15, 0.2) is 0 Å². The van der Waals surface area contributed by atoms with Crippen LogP contribution >= 0.6 is 0 Å². The molecule has 25 heavy (non-hydrogen) atoms. The van der Waals surface area contributed by atoms with E-state index in [1.165, 1.54) is 0 Å². The van der Waals surface area contributed by atoms with Gasteiger partial charge in [-0.3, -0.25) is 0 Å². The quantitative estimate of drug-likeness (QED) is 0.892. The smallest absolute Gasteiger partial charge is 0.410 e. The van der Waals surface area contributed by atoms with Gasteiger partial charge in [0.1, 0.15) is 11.4 Å². The van der Waals surface area contributed by atoms with Gasteiger partial charge in [0, 0.05) is 44.5 Å². The number of carbonyl (C=O) groups excluding carboxylic acids is 1. The van der Waals surface area contributed by atoms with Crippen LogP contribution in [-0.4, -0.2) is 54.3 Å². The van der Waals surface area contributed by atoms with Crippen molar-refractivity contribution >= 4 is 11.9 Å². The molecular formula is C19H30N4O2. The Morgan fingerprint density at radius 3 is 2.72 bits per heavy atom. The number of hydrogen-bond donors (Lipinski definition) is 1. The average molecular weight is 346 g/mol. The molecule has 2 saturated heterocycles. The molecule has 138 valence electrons. The summed E-state index contributed by atoms with van der Waals surface area (Å²) >= 11 is 0. The van der Waals surface area contributed by atoms with Gasteiger partial charge in [-0.1, -0.05) is 6.07 Å². The van der Waals surface area contributed by atoms with Crippen LogP contribution in [0.4, 0.5) is 10.6 Å². The molecule has 1 aromatic heterocycles. The topological polar surface area (TPSA) is 57.7 Å². The van der Waals surface area contributed by atoms with Crippen LogP contribution in [0.25, 0.3) is 0 Å². The van der Waals surface area contributed by atoms with E-state index in [0.717, 1.165) is 63.4 Å². The molecule has 6 nitrogen and oxygen atoms in total. The molecule has 1 amide bonds. The number of anilines is 1. The monoisotopic (exact) mass is 346 g/mol. The zero-order valence-corrected chi connectivity index (χ0v) is 15.6. The summed E-state index contributed by atoms with van der Waals surface area (Å²) in [6.07, 6.45) is 4.75. The molecule has 0 unspecified atom stereocenters. The molecule has 0 spiro atoms. The Bertz CT molecular complexity index is 593. The Morgan fingerprint density at radius 1 is 1.24 bits per heavy atom. The second-order valence-corrected chi connectivity index (χ2v) is 7.84. The van der Waals surface area contributed by atoms with Gasteiger partial charge in [0.2, 0.25) is 0 Å². The third-order valence-electron chi connectivity index (χ3n) is 4.72. The van der Waals surface area contributed by atoms with Gasteiger partial charge >= 0.3 is 6.09 Å². The fourth-order valence-electron chi connectivity index (χ4n) is 3.60. The van der Waals surface area contributed by atoms with E-state index in [9.17, 15) is 4.79 Å². The second kappa shape index (κ2) is 7.60. The molecule has 3 rings (SSSR count). The first-order valence-electron chi connectivity index (χ1n) is 9.36. The predicted octanol–water partition coefficient (Wildman–Crippen LogP) is 2.95. The summed E-state index contributed by atoms with van der Waals surface area (Å²) in [7, 11) is 0. The first kappa shape index (κ1) is 18.0. The van der Waals surface area contributed by atoms with Gasteiger partial charge in [0.05, 0.1) is 6.04 Å². The summed E-state index contributed by atoms with van der Waals surface area (Å²) in [6.45, 7) is 10.3. The van der Waals surface area contributed by atoms with Gasteiger partial charge in [-0.05, 0) is 46.1 Å². The highest BCUT2D eigenvalue weighted by Crippen LogP contribution is 2.36. The largest absolute Gasteiger partial charge is 0.444 e. The maximum atomic E-state index is 12.7. The minimum atomic E-state index is -0.477.